The highest BCUT2D eigenvalue weighted by molar-refractivity contribution is 7.99. The molecule has 0 aliphatic carbocycles. The van der Waals surface area contributed by atoms with Crippen LogP contribution in [0.4, 0.5) is 13.2 Å². The zero-order valence-electron chi connectivity index (χ0n) is 9.05. The average molecular weight is 255 g/mol. The van der Waals surface area contributed by atoms with Crippen LogP contribution in [0, 0.1) is 11.3 Å². The molecule has 0 spiro atoms. The van der Waals surface area contributed by atoms with Gasteiger partial charge in [0, 0.05) is 30.6 Å². The van der Waals surface area contributed by atoms with Crippen molar-refractivity contribution < 1.29 is 13.2 Å². The fraction of sp³-hybridized carbons (Fsp3) is 0.889. The highest BCUT2D eigenvalue weighted by atomic mass is 32.2. The molecule has 1 fully saturated rings. The molecule has 16 heavy (non-hydrogen) atoms. The lowest BCUT2D eigenvalue weighted by Gasteiger charge is -2.35. The summed E-state index contributed by atoms with van der Waals surface area (Å²) in [6.07, 6.45) is -4.42. The molecule has 1 rings (SSSR count). The number of alkyl halides is 3. The van der Waals surface area contributed by atoms with E-state index in [0.29, 0.717) is 6.54 Å². The lowest BCUT2D eigenvalue weighted by Crippen LogP contribution is -2.49. The lowest BCUT2D eigenvalue weighted by molar-refractivity contribution is -0.160. The van der Waals surface area contributed by atoms with Crippen LogP contribution in [0.25, 0.3) is 0 Å². The van der Waals surface area contributed by atoms with Gasteiger partial charge in [-0.2, -0.15) is 24.9 Å². The number of thioether (sulfide) groups is 1. The summed E-state index contributed by atoms with van der Waals surface area (Å²) in [5.41, 5.74) is 5.02. The minimum absolute atomic E-state index is 0.114. The first kappa shape index (κ1) is 13.6. The maximum Gasteiger partial charge on any atom is 0.399 e. The summed E-state index contributed by atoms with van der Waals surface area (Å²) >= 11 is 1.74. The van der Waals surface area contributed by atoms with Crippen molar-refractivity contribution in [3.63, 3.8) is 0 Å². The first-order valence-corrected chi connectivity index (χ1v) is 6.20. The molecule has 0 saturated carbocycles. The molecule has 0 aromatic heterocycles. The van der Waals surface area contributed by atoms with Gasteiger partial charge >= 0.3 is 6.18 Å². The van der Waals surface area contributed by atoms with E-state index in [9.17, 15) is 13.2 Å². The van der Waals surface area contributed by atoms with E-state index in [0.717, 1.165) is 11.5 Å². The summed E-state index contributed by atoms with van der Waals surface area (Å²) < 4.78 is 37.8. The molecular weight excluding hydrogens is 239 g/mol. The fourth-order valence-electron chi connectivity index (χ4n) is 1.65. The third-order valence-corrected chi connectivity index (χ3v) is 3.88. The van der Waals surface area contributed by atoms with Crippen molar-refractivity contribution in [2.24, 2.45) is 11.7 Å². The molecule has 7 heteroatoms. The van der Waals surface area contributed by atoms with Gasteiger partial charge in [-0.05, 0) is 6.92 Å². The van der Waals surface area contributed by atoms with Gasteiger partial charge in [0.05, 0.1) is 0 Å². The third kappa shape index (κ3) is 3.55. The van der Waals surface area contributed by atoms with Gasteiger partial charge in [0.1, 0.15) is 11.8 Å². The van der Waals surface area contributed by atoms with Crippen LogP contribution in [0.3, 0.4) is 0 Å². The van der Waals surface area contributed by atoms with E-state index in [1.807, 2.05) is 6.92 Å². The van der Waals surface area contributed by atoms with E-state index < -0.39 is 17.9 Å². The number of nitrogens with one attached hydrogen (secondary N) is 1. The van der Waals surface area contributed by atoms with Crippen molar-refractivity contribution in [3.05, 3.63) is 0 Å². The molecule has 0 aromatic carbocycles. The average Bonchev–Trinajstić information content (AvgIpc) is 2.14. The third-order valence-electron chi connectivity index (χ3n) is 2.69. The minimum Gasteiger partial charge on any atom is -0.387 e. The van der Waals surface area contributed by atoms with Crippen LogP contribution in [0.1, 0.15) is 6.92 Å². The Kier molecular flexibility index (Phi) is 4.49. The minimum atomic E-state index is -4.42. The SMILES string of the molecule is CC1CSCCN1CC(C(=N)N)C(F)(F)F. The Labute approximate surface area is 97.1 Å². The van der Waals surface area contributed by atoms with Crippen LogP contribution in [-0.2, 0) is 0 Å². The number of amidine groups is 1. The van der Waals surface area contributed by atoms with E-state index in [2.05, 4.69) is 0 Å². The number of nitrogens with zero attached hydrogens (tertiary/aromatic N) is 1. The monoisotopic (exact) mass is 255 g/mol. The second-order valence-electron chi connectivity index (χ2n) is 3.97. The number of hydrogen-bond acceptors (Lipinski definition) is 3. The standard InChI is InChI=1S/C9H16F3N3S/c1-6-5-16-3-2-15(6)4-7(8(13)14)9(10,11)12/h6-7H,2-5H2,1H3,(H3,13,14). The maximum atomic E-state index is 12.6. The summed E-state index contributed by atoms with van der Waals surface area (Å²) in [6.45, 7) is 2.34. The van der Waals surface area contributed by atoms with Gasteiger partial charge in [0.2, 0.25) is 0 Å². The molecule has 1 aliphatic heterocycles. The van der Waals surface area contributed by atoms with Gasteiger partial charge in [-0.15, -0.1) is 0 Å². The van der Waals surface area contributed by atoms with Crippen LogP contribution in [0.15, 0.2) is 0 Å². The molecule has 2 unspecified atom stereocenters. The molecule has 0 radical (unpaired) electrons. The topological polar surface area (TPSA) is 53.1 Å². The fourth-order valence-corrected chi connectivity index (χ4v) is 2.73. The summed E-state index contributed by atoms with van der Waals surface area (Å²) in [6, 6.07) is 0.114. The molecule has 1 saturated heterocycles. The number of rotatable bonds is 3. The Morgan fingerprint density at radius 3 is 2.69 bits per heavy atom. The zero-order chi connectivity index (χ0) is 12.3. The van der Waals surface area contributed by atoms with Crippen molar-refractivity contribution >= 4 is 17.6 Å². The number of halogens is 3. The lowest BCUT2D eigenvalue weighted by atomic mass is 10.1. The van der Waals surface area contributed by atoms with Crippen molar-refractivity contribution in [1.29, 1.82) is 5.41 Å². The van der Waals surface area contributed by atoms with E-state index in [1.165, 1.54) is 0 Å². The van der Waals surface area contributed by atoms with Crippen molar-refractivity contribution in [3.8, 4) is 0 Å². The Morgan fingerprint density at radius 1 is 1.62 bits per heavy atom. The van der Waals surface area contributed by atoms with Crippen LogP contribution in [0.2, 0.25) is 0 Å². The Bertz CT molecular complexity index is 257. The normalized spacial score (nSPS) is 25.4. The predicted molar refractivity (Wildman–Crippen MR) is 59.8 cm³/mol. The summed E-state index contributed by atoms with van der Waals surface area (Å²) in [5.74, 6) is -0.953. The van der Waals surface area contributed by atoms with Crippen LogP contribution >= 0.6 is 11.8 Å². The van der Waals surface area contributed by atoms with E-state index in [-0.39, 0.29) is 12.6 Å². The maximum absolute atomic E-state index is 12.6. The molecule has 94 valence electrons. The molecule has 1 aliphatic rings. The van der Waals surface area contributed by atoms with Gasteiger partial charge in [-0.1, -0.05) is 0 Å². The second-order valence-corrected chi connectivity index (χ2v) is 5.12. The number of nitrogens with two attached hydrogens (primary N) is 1. The molecule has 0 aromatic rings. The Morgan fingerprint density at radius 2 is 2.25 bits per heavy atom. The molecule has 0 amide bonds. The largest absolute Gasteiger partial charge is 0.399 e. The first-order chi connectivity index (χ1) is 7.32. The Balaban J connectivity index is 2.64. The van der Waals surface area contributed by atoms with Gasteiger partial charge in [0.25, 0.3) is 0 Å². The zero-order valence-corrected chi connectivity index (χ0v) is 9.87. The summed E-state index contributed by atoms with van der Waals surface area (Å²) in [7, 11) is 0. The summed E-state index contributed by atoms with van der Waals surface area (Å²) in [4.78, 5) is 1.76. The van der Waals surface area contributed by atoms with Crippen molar-refractivity contribution in [1.82, 2.24) is 4.90 Å². The predicted octanol–water partition coefficient (Wildman–Crippen LogP) is 1.54. The molecule has 2 atom stereocenters. The molecule has 0 bridgehead atoms. The van der Waals surface area contributed by atoms with E-state index >= 15 is 0 Å². The van der Waals surface area contributed by atoms with Gasteiger partial charge in [0.15, 0.2) is 0 Å². The smallest absolute Gasteiger partial charge is 0.387 e. The Hall–Kier alpha value is -0.430. The molecule has 1 heterocycles. The summed E-state index contributed by atoms with van der Waals surface area (Å²) in [5, 5.41) is 7.02. The molecular formula is C9H16F3N3S. The van der Waals surface area contributed by atoms with E-state index in [4.69, 9.17) is 11.1 Å². The van der Waals surface area contributed by atoms with Crippen molar-refractivity contribution in [2.75, 3.05) is 24.6 Å². The molecule has 3 N–H and O–H groups in total. The van der Waals surface area contributed by atoms with Crippen molar-refractivity contribution in [2.45, 2.75) is 19.1 Å². The van der Waals surface area contributed by atoms with Crippen LogP contribution < -0.4 is 5.73 Å². The second kappa shape index (κ2) is 5.27. The quantitative estimate of drug-likeness (QED) is 0.594. The highest BCUT2D eigenvalue weighted by Gasteiger charge is 2.43. The van der Waals surface area contributed by atoms with E-state index in [1.54, 1.807) is 16.7 Å². The van der Waals surface area contributed by atoms with Gasteiger partial charge in [-0.25, -0.2) is 0 Å². The van der Waals surface area contributed by atoms with Gasteiger partial charge in [-0.3, -0.25) is 10.3 Å². The highest BCUT2D eigenvalue weighted by Crippen LogP contribution is 2.28. The van der Waals surface area contributed by atoms with Crippen LogP contribution in [-0.4, -0.2) is 47.5 Å². The van der Waals surface area contributed by atoms with Gasteiger partial charge < -0.3 is 5.73 Å². The molecule has 3 nitrogen and oxygen atoms in total. The van der Waals surface area contributed by atoms with Crippen LogP contribution in [0.5, 0.6) is 0 Å². The number of hydrogen-bond donors (Lipinski definition) is 2. The first-order valence-electron chi connectivity index (χ1n) is 5.04.